The highest BCUT2D eigenvalue weighted by molar-refractivity contribution is 7.10. The van der Waals surface area contributed by atoms with Gasteiger partial charge in [0.15, 0.2) is 0 Å². The van der Waals surface area contributed by atoms with Gasteiger partial charge in [-0.15, -0.1) is 11.3 Å². The molecule has 1 aromatic heterocycles. The molecule has 1 aromatic carbocycles. The quantitative estimate of drug-likeness (QED) is 0.844. The van der Waals surface area contributed by atoms with E-state index in [0.717, 1.165) is 10.4 Å². The molecule has 2 aromatic rings. The van der Waals surface area contributed by atoms with Crippen LogP contribution in [-0.4, -0.2) is 29.2 Å². The number of hydrogen-bond acceptors (Lipinski definition) is 3. The van der Waals surface area contributed by atoms with Crippen LogP contribution in [0.15, 0.2) is 23.6 Å². The van der Waals surface area contributed by atoms with Gasteiger partial charge >= 0.3 is 6.03 Å². The lowest BCUT2D eigenvalue weighted by atomic mass is 10.2. The van der Waals surface area contributed by atoms with E-state index in [1.165, 1.54) is 17.0 Å². The van der Waals surface area contributed by atoms with Crippen molar-refractivity contribution in [1.82, 2.24) is 4.90 Å². The Labute approximate surface area is 143 Å². The second-order valence-electron chi connectivity index (χ2n) is 5.18. The Balaban J connectivity index is 2.15. The summed E-state index contributed by atoms with van der Waals surface area (Å²) >= 11 is 7.53. The van der Waals surface area contributed by atoms with Crippen molar-refractivity contribution in [3.8, 4) is 0 Å². The van der Waals surface area contributed by atoms with E-state index in [1.807, 2.05) is 18.4 Å². The SMILES string of the molecule is Cc1cc(NC(=O)N(CCO)Cc2sccc2C)c(Cl)cc1F. The summed E-state index contributed by atoms with van der Waals surface area (Å²) in [5.74, 6) is -0.422. The Morgan fingerprint density at radius 1 is 1.39 bits per heavy atom. The third kappa shape index (κ3) is 4.43. The second-order valence-corrected chi connectivity index (χ2v) is 6.59. The van der Waals surface area contributed by atoms with E-state index in [0.29, 0.717) is 17.8 Å². The summed E-state index contributed by atoms with van der Waals surface area (Å²) in [6.45, 7) is 4.02. The minimum absolute atomic E-state index is 0.137. The molecule has 0 bridgehead atoms. The molecule has 0 aliphatic heterocycles. The van der Waals surface area contributed by atoms with Gasteiger partial charge in [-0.25, -0.2) is 9.18 Å². The minimum Gasteiger partial charge on any atom is -0.395 e. The summed E-state index contributed by atoms with van der Waals surface area (Å²) in [7, 11) is 0. The fraction of sp³-hybridized carbons (Fsp3) is 0.312. The molecule has 0 fully saturated rings. The number of amides is 2. The first-order valence-electron chi connectivity index (χ1n) is 7.07. The number of benzene rings is 1. The van der Waals surface area contributed by atoms with Crippen molar-refractivity contribution in [3.63, 3.8) is 0 Å². The van der Waals surface area contributed by atoms with Crippen LogP contribution < -0.4 is 5.32 Å². The number of carbonyl (C=O) groups is 1. The highest BCUT2D eigenvalue weighted by Crippen LogP contribution is 2.26. The van der Waals surface area contributed by atoms with Crippen molar-refractivity contribution < 1.29 is 14.3 Å². The summed E-state index contributed by atoms with van der Waals surface area (Å²) in [4.78, 5) is 15.0. The summed E-state index contributed by atoms with van der Waals surface area (Å²) in [5, 5.41) is 14.0. The molecule has 0 radical (unpaired) electrons. The van der Waals surface area contributed by atoms with Gasteiger partial charge in [0.05, 0.1) is 23.9 Å². The van der Waals surface area contributed by atoms with Crippen molar-refractivity contribution >= 4 is 34.7 Å². The molecule has 124 valence electrons. The molecule has 2 rings (SSSR count). The van der Waals surface area contributed by atoms with Crippen LogP contribution in [0.5, 0.6) is 0 Å². The topological polar surface area (TPSA) is 52.6 Å². The number of aliphatic hydroxyl groups excluding tert-OH is 1. The van der Waals surface area contributed by atoms with Crippen molar-refractivity contribution in [2.45, 2.75) is 20.4 Å². The van der Waals surface area contributed by atoms with E-state index in [9.17, 15) is 14.3 Å². The Morgan fingerprint density at radius 2 is 2.13 bits per heavy atom. The number of rotatable bonds is 5. The number of anilines is 1. The molecule has 0 unspecified atom stereocenters. The van der Waals surface area contributed by atoms with Gasteiger partial charge in [0.25, 0.3) is 0 Å². The van der Waals surface area contributed by atoms with Gasteiger partial charge in [0, 0.05) is 11.4 Å². The first kappa shape index (κ1) is 17.7. The van der Waals surface area contributed by atoms with Crippen LogP contribution in [0.25, 0.3) is 0 Å². The van der Waals surface area contributed by atoms with Gasteiger partial charge in [-0.3, -0.25) is 0 Å². The number of nitrogens with one attached hydrogen (secondary N) is 1. The fourth-order valence-corrected chi connectivity index (χ4v) is 3.18. The number of halogens is 2. The molecule has 1 heterocycles. The maximum absolute atomic E-state index is 13.4. The Morgan fingerprint density at radius 3 is 2.74 bits per heavy atom. The number of hydrogen-bond donors (Lipinski definition) is 2. The predicted molar refractivity (Wildman–Crippen MR) is 91.7 cm³/mol. The van der Waals surface area contributed by atoms with E-state index >= 15 is 0 Å². The monoisotopic (exact) mass is 356 g/mol. The zero-order valence-corrected chi connectivity index (χ0v) is 14.5. The number of carbonyl (C=O) groups excluding carboxylic acids is 1. The molecule has 2 amide bonds. The zero-order chi connectivity index (χ0) is 17.0. The van der Waals surface area contributed by atoms with Gasteiger partial charge in [-0.2, -0.15) is 0 Å². The predicted octanol–water partition coefficient (Wildman–Crippen LogP) is 4.18. The smallest absolute Gasteiger partial charge is 0.322 e. The maximum Gasteiger partial charge on any atom is 0.322 e. The van der Waals surface area contributed by atoms with Crippen LogP contribution in [0.3, 0.4) is 0 Å². The highest BCUT2D eigenvalue weighted by atomic mass is 35.5. The Kier molecular flexibility index (Phi) is 5.98. The number of nitrogens with zero attached hydrogens (tertiary/aromatic N) is 1. The van der Waals surface area contributed by atoms with Crippen molar-refractivity contribution in [2.24, 2.45) is 0 Å². The van der Waals surface area contributed by atoms with Gasteiger partial charge in [-0.05, 0) is 48.6 Å². The number of urea groups is 1. The molecule has 0 aliphatic carbocycles. The molecule has 2 N–H and O–H groups in total. The van der Waals surface area contributed by atoms with Crippen LogP contribution >= 0.6 is 22.9 Å². The Bertz CT molecular complexity index is 705. The average Bonchev–Trinajstić information content (AvgIpc) is 2.89. The third-order valence-corrected chi connectivity index (χ3v) is 4.77. The van der Waals surface area contributed by atoms with Gasteiger partial charge in [0.1, 0.15) is 5.82 Å². The number of aryl methyl sites for hydroxylation is 2. The van der Waals surface area contributed by atoms with Crippen LogP contribution in [-0.2, 0) is 6.54 Å². The summed E-state index contributed by atoms with van der Waals surface area (Å²) < 4.78 is 13.4. The third-order valence-electron chi connectivity index (χ3n) is 3.45. The summed E-state index contributed by atoms with van der Waals surface area (Å²) in [6.07, 6.45) is 0. The second kappa shape index (κ2) is 7.77. The highest BCUT2D eigenvalue weighted by Gasteiger charge is 2.17. The van der Waals surface area contributed by atoms with Gasteiger partial charge in [0.2, 0.25) is 0 Å². The lowest BCUT2D eigenvalue weighted by molar-refractivity contribution is 0.186. The van der Waals surface area contributed by atoms with E-state index in [-0.39, 0.29) is 24.2 Å². The molecule has 7 heteroatoms. The lowest BCUT2D eigenvalue weighted by Gasteiger charge is -2.22. The van der Waals surface area contributed by atoms with E-state index < -0.39 is 5.82 Å². The van der Waals surface area contributed by atoms with Gasteiger partial charge in [-0.1, -0.05) is 11.6 Å². The lowest BCUT2D eigenvalue weighted by Crippen LogP contribution is -2.36. The summed E-state index contributed by atoms with van der Waals surface area (Å²) in [6, 6.07) is 4.25. The van der Waals surface area contributed by atoms with Crippen molar-refractivity contribution in [1.29, 1.82) is 0 Å². The maximum atomic E-state index is 13.4. The van der Waals surface area contributed by atoms with Crippen LogP contribution in [0.2, 0.25) is 5.02 Å². The minimum atomic E-state index is -0.422. The standard InChI is InChI=1S/C16H18ClFN2O2S/c1-10-3-6-23-15(10)9-20(4-5-21)16(22)19-14-7-11(2)13(18)8-12(14)17/h3,6-8,21H,4-5,9H2,1-2H3,(H,19,22). The molecule has 0 atom stereocenters. The van der Waals surface area contributed by atoms with Crippen LogP contribution in [0, 0.1) is 19.7 Å². The molecular weight excluding hydrogens is 339 g/mol. The number of aliphatic hydroxyl groups is 1. The molecule has 0 aliphatic rings. The number of thiophene rings is 1. The molecule has 23 heavy (non-hydrogen) atoms. The van der Waals surface area contributed by atoms with E-state index in [2.05, 4.69) is 5.32 Å². The largest absolute Gasteiger partial charge is 0.395 e. The van der Waals surface area contributed by atoms with Crippen LogP contribution in [0.1, 0.15) is 16.0 Å². The van der Waals surface area contributed by atoms with Crippen molar-refractivity contribution in [3.05, 3.63) is 50.4 Å². The summed E-state index contributed by atoms with van der Waals surface area (Å²) in [5.41, 5.74) is 1.84. The molecule has 4 nitrogen and oxygen atoms in total. The molecular formula is C16H18ClFN2O2S. The normalized spacial score (nSPS) is 10.7. The van der Waals surface area contributed by atoms with E-state index in [1.54, 1.807) is 18.3 Å². The van der Waals surface area contributed by atoms with Crippen molar-refractivity contribution in [2.75, 3.05) is 18.5 Å². The zero-order valence-electron chi connectivity index (χ0n) is 12.9. The van der Waals surface area contributed by atoms with Crippen LogP contribution in [0.4, 0.5) is 14.9 Å². The van der Waals surface area contributed by atoms with Gasteiger partial charge < -0.3 is 15.3 Å². The molecule has 0 spiro atoms. The Hall–Kier alpha value is -1.63. The molecule has 0 saturated heterocycles. The fourth-order valence-electron chi connectivity index (χ4n) is 2.06. The first-order valence-corrected chi connectivity index (χ1v) is 8.33. The molecule has 0 saturated carbocycles. The van der Waals surface area contributed by atoms with E-state index in [4.69, 9.17) is 11.6 Å². The first-order chi connectivity index (χ1) is 10.9. The average molecular weight is 357 g/mol.